The molecule has 0 heterocycles. The molecule has 2 rings (SSSR count). The van der Waals surface area contributed by atoms with Gasteiger partial charge in [0.2, 0.25) is 0 Å². The summed E-state index contributed by atoms with van der Waals surface area (Å²) in [4.78, 5) is 12.6. The Bertz CT molecular complexity index is 551. The molecule has 1 aromatic carbocycles. The highest BCUT2D eigenvalue weighted by Gasteiger charge is 2.50. The van der Waals surface area contributed by atoms with E-state index in [0.29, 0.717) is 18.4 Å². The van der Waals surface area contributed by atoms with Crippen LogP contribution in [-0.4, -0.2) is 23.5 Å². The topological polar surface area (TPSA) is 73.1 Å². The summed E-state index contributed by atoms with van der Waals surface area (Å²) in [5.41, 5.74) is -0.942. The summed E-state index contributed by atoms with van der Waals surface area (Å²) in [5.74, 6) is -0.219. The Balaban J connectivity index is 0.00000200. The van der Waals surface area contributed by atoms with Gasteiger partial charge in [0, 0.05) is 0 Å². The highest BCUT2D eigenvalue weighted by molar-refractivity contribution is 5.96. The smallest absolute Gasteiger partial charge is 0.188 e. The predicted molar refractivity (Wildman–Crippen MR) is 78.6 cm³/mol. The van der Waals surface area contributed by atoms with E-state index >= 15 is 0 Å². The molecule has 0 radical (unpaired) electrons. The number of halogens is 1. The lowest BCUT2D eigenvalue weighted by Gasteiger charge is -2.42. The van der Waals surface area contributed by atoms with Crippen molar-refractivity contribution in [1.82, 2.24) is 5.32 Å². The van der Waals surface area contributed by atoms with Crippen molar-refractivity contribution in [2.45, 2.75) is 37.3 Å². The molecule has 0 spiro atoms. The van der Waals surface area contributed by atoms with Crippen LogP contribution in [0.25, 0.3) is 0 Å². The zero-order chi connectivity index (χ0) is 14.1. The number of nitrogens with zero attached hydrogens (tertiary/aromatic N) is 1. The molecule has 1 fully saturated rings. The SMILES string of the molecule is CN[C@@]1(c2cccc(C#N)c2)CCC[C@](C)(O)C1=O.Cl. The third-order valence-electron chi connectivity index (χ3n) is 4.00. The van der Waals surface area contributed by atoms with Crippen molar-refractivity contribution >= 4 is 18.2 Å². The van der Waals surface area contributed by atoms with Crippen LogP contribution in [0.1, 0.15) is 37.3 Å². The molecule has 108 valence electrons. The maximum Gasteiger partial charge on any atom is 0.188 e. The number of nitriles is 1. The number of likely N-dealkylation sites (N-methyl/N-ethyl adjacent to an activating group) is 1. The zero-order valence-corrected chi connectivity index (χ0v) is 12.5. The number of ketones is 1. The van der Waals surface area contributed by atoms with Crippen molar-refractivity contribution < 1.29 is 9.90 Å². The van der Waals surface area contributed by atoms with Gasteiger partial charge < -0.3 is 10.4 Å². The van der Waals surface area contributed by atoms with Gasteiger partial charge in [-0.25, -0.2) is 0 Å². The molecule has 2 N–H and O–H groups in total. The number of hydrogen-bond donors (Lipinski definition) is 2. The summed E-state index contributed by atoms with van der Waals surface area (Å²) < 4.78 is 0. The molecular formula is C15H19ClN2O2. The minimum Gasteiger partial charge on any atom is -0.382 e. The molecule has 1 saturated carbocycles. The molecule has 0 bridgehead atoms. The lowest BCUT2D eigenvalue weighted by molar-refractivity contribution is -0.148. The second-order valence-corrected chi connectivity index (χ2v) is 5.30. The van der Waals surface area contributed by atoms with Gasteiger partial charge in [0.15, 0.2) is 5.78 Å². The van der Waals surface area contributed by atoms with Gasteiger partial charge >= 0.3 is 0 Å². The highest BCUT2D eigenvalue weighted by atomic mass is 35.5. The molecule has 0 unspecified atom stereocenters. The molecule has 0 amide bonds. The van der Waals surface area contributed by atoms with E-state index in [1.165, 1.54) is 0 Å². The minimum absolute atomic E-state index is 0. The highest BCUT2D eigenvalue weighted by Crippen LogP contribution is 2.38. The van der Waals surface area contributed by atoms with Crippen molar-refractivity contribution in [1.29, 1.82) is 5.26 Å². The van der Waals surface area contributed by atoms with Gasteiger partial charge in [0.05, 0.1) is 11.6 Å². The number of benzene rings is 1. The lowest BCUT2D eigenvalue weighted by Crippen LogP contribution is -2.59. The van der Waals surface area contributed by atoms with Crippen LogP contribution in [0.15, 0.2) is 24.3 Å². The van der Waals surface area contributed by atoms with Gasteiger partial charge in [-0.2, -0.15) is 5.26 Å². The number of carbonyl (C=O) groups excluding carboxylic acids is 1. The molecule has 0 saturated heterocycles. The largest absolute Gasteiger partial charge is 0.382 e. The average Bonchev–Trinajstić information content (AvgIpc) is 2.42. The van der Waals surface area contributed by atoms with Crippen LogP contribution in [0.3, 0.4) is 0 Å². The third kappa shape index (κ3) is 2.57. The van der Waals surface area contributed by atoms with E-state index in [4.69, 9.17) is 5.26 Å². The molecule has 2 atom stereocenters. The van der Waals surface area contributed by atoms with Crippen LogP contribution in [0, 0.1) is 11.3 Å². The van der Waals surface area contributed by atoms with E-state index in [0.717, 1.165) is 12.0 Å². The van der Waals surface area contributed by atoms with E-state index in [-0.39, 0.29) is 18.2 Å². The first-order valence-corrected chi connectivity index (χ1v) is 6.43. The van der Waals surface area contributed by atoms with Crippen LogP contribution in [0.5, 0.6) is 0 Å². The fraction of sp³-hybridized carbons (Fsp3) is 0.467. The molecule has 0 aliphatic heterocycles. The standard InChI is InChI=1S/C15H18N2O2.ClH/c1-14(19)7-4-8-15(17-2,13(14)18)12-6-3-5-11(9-12)10-16;/h3,5-6,9,17,19H,4,7-8H2,1-2H3;1H/t14-,15+;/m0./s1. The average molecular weight is 295 g/mol. The van der Waals surface area contributed by atoms with E-state index in [1.54, 1.807) is 32.2 Å². The molecule has 1 aliphatic rings. The maximum atomic E-state index is 12.6. The molecule has 0 aromatic heterocycles. The molecular weight excluding hydrogens is 276 g/mol. The van der Waals surface area contributed by atoms with E-state index in [9.17, 15) is 9.90 Å². The second kappa shape index (κ2) is 5.92. The van der Waals surface area contributed by atoms with Gasteiger partial charge in [0.25, 0.3) is 0 Å². The molecule has 4 nitrogen and oxygen atoms in total. The molecule has 1 aromatic rings. The third-order valence-corrected chi connectivity index (χ3v) is 4.00. The van der Waals surface area contributed by atoms with E-state index in [2.05, 4.69) is 11.4 Å². The van der Waals surface area contributed by atoms with Gasteiger partial charge in [-0.1, -0.05) is 12.1 Å². The first-order valence-electron chi connectivity index (χ1n) is 6.43. The van der Waals surface area contributed by atoms with Crippen LogP contribution in [-0.2, 0) is 10.3 Å². The first kappa shape index (κ1) is 16.6. The summed E-state index contributed by atoms with van der Waals surface area (Å²) in [6.45, 7) is 1.56. The van der Waals surface area contributed by atoms with E-state index < -0.39 is 11.1 Å². The Kier molecular flexibility index (Phi) is 4.93. The molecule has 20 heavy (non-hydrogen) atoms. The quantitative estimate of drug-likeness (QED) is 0.874. The van der Waals surface area contributed by atoms with Crippen LogP contribution < -0.4 is 5.32 Å². The minimum atomic E-state index is -1.32. The maximum absolute atomic E-state index is 12.6. The van der Waals surface area contributed by atoms with Gasteiger partial charge in [-0.3, -0.25) is 4.79 Å². The number of aliphatic hydroxyl groups is 1. The monoisotopic (exact) mass is 294 g/mol. The zero-order valence-electron chi connectivity index (χ0n) is 11.6. The number of Topliss-reactive ketones (excluding diaryl/α,β-unsaturated/α-hetero) is 1. The summed E-state index contributed by atoms with van der Waals surface area (Å²) in [6.07, 6.45) is 1.87. The fourth-order valence-corrected chi connectivity index (χ4v) is 2.90. The number of nitrogens with one attached hydrogen (secondary N) is 1. The van der Waals surface area contributed by atoms with Crippen molar-refractivity contribution in [3.63, 3.8) is 0 Å². The van der Waals surface area contributed by atoms with Crippen molar-refractivity contribution in [2.75, 3.05) is 7.05 Å². The lowest BCUT2D eigenvalue weighted by atomic mass is 9.69. The Morgan fingerprint density at radius 1 is 1.40 bits per heavy atom. The Hall–Kier alpha value is -1.41. The van der Waals surface area contributed by atoms with Gasteiger partial charge in [-0.05, 0) is 50.9 Å². The first-order chi connectivity index (χ1) is 8.96. The number of hydrogen-bond acceptors (Lipinski definition) is 4. The van der Waals surface area contributed by atoms with Crippen LogP contribution in [0.4, 0.5) is 0 Å². The Labute approximate surface area is 125 Å². The number of carbonyl (C=O) groups is 1. The van der Waals surface area contributed by atoms with Gasteiger partial charge in [-0.15, -0.1) is 12.4 Å². The van der Waals surface area contributed by atoms with Crippen LogP contribution >= 0.6 is 12.4 Å². The normalized spacial score (nSPS) is 29.4. The predicted octanol–water partition coefficient (Wildman–Crippen LogP) is 1.90. The Morgan fingerprint density at radius 3 is 2.70 bits per heavy atom. The molecule has 1 aliphatic carbocycles. The summed E-state index contributed by atoms with van der Waals surface area (Å²) >= 11 is 0. The van der Waals surface area contributed by atoms with Crippen LogP contribution in [0.2, 0.25) is 0 Å². The van der Waals surface area contributed by atoms with E-state index in [1.807, 2.05) is 6.07 Å². The summed E-state index contributed by atoms with van der Waals surface area (Å²) in [6, 6.07) is 9.10. The van der Waals surface area contributed by atoms with Crippen molar-refractivity contribution in [3.8, 4) is 6.07 Å². The van der Waals surface area contributed by atoms with Crippen molar-refractivity contribution in [2.24, 2.45) is 0 Å². The number of rotatable bonds is 2. The van der Waals surface area contributed by atoms with Crippen molar-refractivity contribution in [3.05, 3.63) is 35.4 Å². The Morgan fingerprint density at radius 2 is 2.10 bits per heavy atom. The molecule has 5 heteroatoms. The fourth-order valence-electron chi connectivity index (χ4n) is 2.90. The van der Waals surface area contributed by atoms with Gasteiger partial charge in [0.1, 0.15) is 11.1 Å². The summed E-state index contributed by atoms with van der Waals surface area (Å²) in [7, 11) is 1.72. The second-order valence-electron chi connectivity index (χ2n) is 5.30. The summed E-state index contributed by atoms with van der Waals surface area (Å²) in [5, 5.41) is 22.3.